The van der Waals surface area contributed by atoms with Crippen LogP contribution in [-0.4, -0.2) is 31.3 Å². The highest BCUT2D eigenvalue weighted by Gasteiger charge is 2.33. The zero-order valence-corrected chi connectivity index (χ0v) is 12.5. The Bertz CT molecular complexity index is 429. The van der Waals surface area contributed by atoms with Gasteiger partial charge in [-0.2, -0.15) is 13.2 Å². The Morgan fingerprint density at radius 3 is 2.43 bits per heavy atom. The lowest BCUT2D eigenvalue weighted by Crippen LogP contribution is -2.28. The van der Waals surface area contributed by atoms with Gasteiger partial charge in [-0.1, -0.05) is 19.9 Å². The Hall–Kier alpha value is -1.27. The van der Waals surface area contributed by atoms with Crippen molar-refractivity contribution in [3.8, 4) is 0 Å². The van der Waals surface area contributed by atoms with Crippen molar-refractivity contribution in [1.29, 1.82) is 0 Å². The van der Waals surface area contributed by atoms with E-state index in [4.69, 9.17) is 5.11 Å². The molecular formula is C15H23F3N2O. The average molecular weight is 304 g/mol. The van der Waals surface area contributed by atoms with E-state index in [1.165, 1.54) is 12.1 Å². The van der Waals surface area contributed by atoms with Crippen LogP contribution in [0.1, 0.15) is 31.4 Å². The minimum atomic E-state index is -4.38. The van der Waals surface area contributed by atoms with E-state index in [0.717, 1.165) is 6.42 Å². The molecule has 0 heterocycles. The van der Waals surface area contributed by atoms with Gasteiger partial charge in [-0.3, -0.25) is 0 Å². The van der Waals surface area contributed by atoms with Crippen molar-refractivity contribution in [3.63, 3.8) is 0 Å². The first kappa shape index (κ1) is 17.8. The molecule has 6 heteroatoms. The summed E-state index contributed by atoms with van der Waals surface area (Å²) in [6, 6.07) is 4.38. The minimum absolute atomic E-state index is 0.0828. The Morgan fingerprint density at radius 1 is 1.19 bits per heavy atom. The molecule has 0 aromatic heterocycles. The van der Waals surface area contributed by atoms with Gasteiger partial charge in [0.1, 0.15) is 0 Å². The Morgan fingerprint density at radius 2 is 1.90 bits per heavy atom. The van der Waals surface area contributed by atoms with Crippen molar-refractivity contribution in [2.45, 2.75) is 33.0 Å². The first-order valence-corrected chi connectivity index (χ1v) is 7.20. The number of halogens is 3. The van der Waals surface area contributed by atoms with Crippen LogP contribution >= 0.6 is 0 Å². The number of alkyl halides is 3. The molecule has 0 radical (unpaired) electrons. The molecule has 0 saturated heterocycles. The number of nitrogens with one attached hydrogen (secondary N) is 1. The number of nitrogens with zero attached hydrogens (tertiary/aromatic N) is 1. The summed E-state index contributed by atoms with van der Waals surface area (Å²) in [7, 11) is 0. The molecule has 1 aromatic rings. The maximum Gasteiger partial charge on any atom is 0.416 e. The second-order valence-corrected chi connectivity index (χ2v) is 4.83. The smallest absolute Gasteiger partial charge is 0.395 e. The third-order valence-electron chi connectivity index (χ3n) is 3.19. The molecule has 120 valence electrons. The third kappa shape index (κ3) is 5.21. The van der Waals surface area contributed by atoms with Crippen LogP contribution in [0.2, 0.25) is 0 Å². The van der Waals surface area contributed by atoms with Crippen LogP contribution < -0.4 is 10.2 Å². The molecule has 2 N–H and O–H groups in total. The van der Waals surface area contributed by atoms with Crippen molar-refractivity contribution in [3.05, 3.63) is 29.3 Å². The molecule has 0 aliphatic heterocycles. The number of benzene rings is 1. The van der Waals surface area contributed by atoms with Gasteiger partial charge in [0.25, 0.3) is 0 Å². The number of rotatable bonds is 8. The second-order valence-electron chi connectivity index (χ2n) is 4.83. The van der Waals surface area contributed by atoms with Gasteiger partial charge in [0.2, 0.25) is 0 Å². The van der Waals surface area contributed by atoms with Crippen molar-refractivity contribution < 1.29 is 18.3 Å². The van der Waals surface area contributed by atoms with E-state index < -0.39 is 11.7 Å². The summed E-state index contributed by atoms with van der Waals surface area (Å²) in [5, 5.41) is 12.0. The van der Waals surface area contributed by atoms with Crippen LogP contribution in [0.25, 0.3) is 0 Å². The molecule has 0 unspecified atom stereocenters. The molecular weight excluding hydrogens is 281 g/mol. The van der Waals surface area contributed by atoms with Crippen molar-refractivity contribution in [2.24, 2.45) is 0 Å². The lowest BCUT2D eigenvalue weighted by molar-refractivity contribution is -0.138. The van der Waals surface area contributed by atoms with Gasteiger partial charge in [-0.05, 0) is 30.7 Å². The van der Waals surface area contributed by atoms with Crippen LogP contribution in [0.3, 0.4) is 0 Å². The topological polar surface area (TPSA) is 35.5 Å². The van der Waals surface area contributed by atoms with Crippen molar-refractivity contribution in [2.75, 3.05) is 31.1 Å². The minimum Gasteiger partial charge on any atom is -0.395 e. The summed E-state index contributed by atoms with van der Waals surface area (Å²) in [6.45, 7) is 5.48. The molecule has 1 rings (SSSR count). The number of hydrogen-bond acceptors (Lipinski definition) is 3. The van der Waals surface area contributed by atoms with E-state index in [1.807, 2.05) is 13.8 Å². The van der Waals surface area contributed by atoms with Crippen LogP contribution in [-0.2, 0) is 12.7 Å². The lowest BCUT2D eigenvalue weighted by atomic mass is 10.0. The molecule has 0 aliphatic carbocycles. The fourth-order valence-corrected chi connectivity index (χ4v) is 2.20. The van der Waals surface area contributed by atoms with Crippen LogP contribution in [0.15, 0.2) is 18.2 Å². The van der Waals surface area contributed by atoms with Gasteiger partial charge in [-0.25, -0.2) is 0 Å². The first-order chi connectivity index (χ1) is 9.93. The number of aliphatic hydroxyl groups is 1. The van der Waals surface area contributed by atoms with Gasteiger partial charge in [0, 0.05) is 25.3 Å². The standard InChI is InChI=1S/C15H23F3N2O/c1-3-7-20(8-9-21)13-6-5-12(11-19-4-2)14(10-13)15(16,17)18/h5-6,10,19,21H,3-4,7-9,11H2,1-2H3. The van der Waals surface area contributed by atoms with Crippen LogP contribution in [0.4, 0.5) is 18.9 Å². The molecule has 0 amide bonds. The maximum absolute atomic E-state index is 13.2. The highest BCUT2D eigenvalue weighted by molar-refractivity contribution is 5.52. The predicted octanol–water partition coefficient (Wildman–Crippen LogP) is 3.02. The van der Waals surface area contributed by atoms with Gasteiger partial charge in [0.15, 0.2) is 0 Å². The van der Waals surface area contributed by atoms with Gasteiger partial charge in [0.05, 0.1) is 12.2 Å². The van der Waals surface area contributed by atoms with E-state index in [-0.39, 0.29) is 18.7 Å². The Labute approximate surface area is 123 Å². The summed E-state index contributed by atoms with van der Waals surface area (Å²) in [5.41, 5.74) is 0.131. The van der Waals surface area contributed by atoms with Crippen LogP contribution in [0, 0.1) is 0 Å². The largest absolute Gasteiger partial charge is 0.416 e. The number of aliphatic hydroxyl groups excluding tert-OH is 1. The number of hydrogen-bond donors (Lipinski definition) is 2. The quantitative estimate of drug-likeness (QED) is 0.775. The lowest BCUT2D eigenvalue weighted by Gasteiger charge is -2.25. The highest BCUT2D eigenvalue weighted by atomic mass is 19.4. The predicted molar refractivity (Wildman–Crippen MR) is 78.4 cm³/mol. The molecule has 0 bridgehead atoms. The molecule has 0 atom stereocenters. The highest BCUT2D eigenvalue weighted by Crippen LogP contribution is 2.34. The summed E-state index contributed by atoms with van der Waals surface area (Å²) in [4.78, 5) is 1.77. The molecule has 0 spiro atoms. The second kappa shape index (κ2) is 8.24. The van der Waals surface area contributed by atoms with Crippen molar-refractivity contribution in [1.82, 2.24) is 5.32 Å². The molecule has 0 aliphatic rings. The number of anilines is 1. The van der Waals surface area contributed by atoms with E-state index in [0.29, 0.717) is 25.3 Å². The Kier molecular flexibility index (Phi) is 6.98. The summed E-state index contributed by atoms with van der Waals surface area (Å²) >= 11 is 0. The molecule has 21 heavy (non-hydrogen) atoms. The van der Waals surface area contributed by atoms with E-state index in [2.05, 4.69) is 5.32 Å². The van der Waals surface area contributed by atoms with Gasteiger partial charge < -0.3 is 15.3 Å². The first-order valence-electron chi connectivity index (χ1n) is 7.20. The molecule has 1 aromatic carbocycles. The third-order valence-corrected chi connectivity index (χ3v) is 3.19. The monoisotopic (exact) mass is 304 g/mol. The fourth-order valence-electron chi connectivity index (χ4n) is 2.20. The fraction of sp³-hybridized carbons (Fsp3) is 0.600. The summed E-state index contributed by atoms with van der Waals surface area (Å²) < 4.78 is 39.6. The van der Waals surface area contributed by atoms with E-state index in [1.54, 1.807) is 11.0 Å². The van der Waals surface area contributed by atoms with E-state index in [9.17, 15) is 13.2 Å². The molecule has 3 nitrogen and oxygen atoms in total. The van der Waals surface area contributed by atoms with Crippen LogP contribution in [0.5, 0.6) is 0 Å². The SMILES string of the molecule is CCCN(CCO)c1ccc(CNCC)c(C(F)(F)F)c1. The van der Waals surface area contributed by atoms with E-state index >= 15 is 0 Å². The summed E-state index contributed by atoms with van der Waals surface area (Å²) in [5.74, 6) is 0. The zero-order chi connectivity index (χ0) is 15.9. The molecule has 0 fully saturated rings. The summed E-state index contributed by atoms with van der Waals surface area (Å²) in [6.07, 6.45) is -3.57. The zero-order valence-electron chi connectivity index (χ0n) is 12.5. The van der Waals surface area contributed by atoms with Gasteiger partial charge >= 0.3 is 6.18 Å². The molecule has 0 saturated carbocycles. The van der Waals surface area contributed by atoms with Crippen molar-refractivity contribution >= 4 is 5.69 Å². The average Bonchev–Trinajstić information content (AvgIpc) is 2.44. The van der Waals surface area contributed by atoms with Gasteiger partial charge in [-0.15, -0.1) is 0 Å². The normalized spacial score (nSPS) is 11.7. The Balaban J connectivity index is 3.13. The maximum atomic E-state index is 13.2.